The lowest BCUT2D eigenvalue weighted by Gasteiger charge is -2.35. The Balaban J connectivity index is 2.41. The summed E-state index contributed by atoms with van der Waals surface area (Å²) in [5.74, 6) is 0.380. The first kappa shape index (κ1) is 13.4. The number of esters is 1. The molecular formula is C11H22N2O3. The van der Waals surface area contributed by atoms with Gasteiger partial charge in [0.25, 0.3) is 0 Å². The highest BCUT2D eigenvalue weighted by molar-refractivity contribution is 5.75. The van der Waals surface area contributed by atoms with E-state index in [1.807, 2.05) is 0 Å². The van der Waals surface area contributed by atoms with E-state index in [0.717, 1.165) is 32.5 Å². The molecule has 0 radical (unpaired) electrons. The van der Waals surface area contributed by atoms with Crippen LogP contribution in [0.25, 0.3) is 0 Å². The van der Waals surface area contributed by atoms with Crippen LogP contribution in [-0.2, 0) is 14.3 Å². The Morgan fingerprint density at radius 2 is 2.06 bits per heavy atom. The Hall–Kier alpha value is -0.650. The highest BCUT2D eigenvalue weighted by Crippen LogP contribution is 2.19. The number of carbonyl (C=O) groups excluding carboxylic acids is 1. The van der Waals surface area contributed by atoms with Gasteiger partial charge in [0.05, 0.1) is 7.11 Å². The molecule has 0 aromatic heterocycles. The van der Waals surface area contributed by atoms with Crippen molar-refractivity contribution in [2.45, 2.75) is 18.9 Å². The average molecular weight is 230 g/mol. The molecule has 0 saturated carbocycles. The molecule has 1 heterocycles. The third kappa shape index (κ3) is 3.43. The quantitative estimate of drug-likeness (QED) is 0.665. The zero-order chi connectivity index (χ0) is 12.0. The monoisotopic (exact) mass is 230 g/mol. The van der Waals surface area contributed by atoms with Gasteiger partial charge < -0.3 is 15.2 Å². The van der Waals surface area contributed by atoms with Gasteiger partial charge in [-0.15, -0.1) is 0 Å². The minimum atomic E-state index is -0.284. The maximum Gasteiger partial charge on any atom is 0.324 e. The van der Waals surface area contributed by atoms with E-state index in [2.05, 4.69) is 4.90 Å². The van der Waals surface area contributed by atoms with E-state index in [4.69, 9.17) is 15.2 Å². The molecule has 0 aliphatic carbocycles. The molecule has 1 atom stereocenters. The third-order valence-electron chi connectivity index (χ3n) is 3.19. The van der Waals surface area contributed by atoms with Crippen LogP contribution in [0.3, 0.4) is 0 Å². The zero-order valence-corrected chi connectivity index (χ0v) is 10.1. The summed E-state index contributed by atoms with van der Waals surface area (Å²) in [6.45, 7) is 2.91. The molecule has 1 saturated heterocycles. The van der Waals surface area contributed by atoms with E-state index in [0.29, 0.717) is 12.5 Å². The van der Waals surface area contributed by atoms with E-state index in [-0.39, 0.29) is 12.0 Å². The number of hydrogen-bond donors (Lipinski definition) is 1. The summed E-state index contributed by atoms with van der Waals surface area (Å²) in [6, 6.07) is -0.284. The molecule has 1 unspecified atom stereocenters. The molecule has 0 bridgehead atoms. The second kappa shape index (κ2) is 6.83. The fourth-order valence-corrected chi connectivity index (χ4v) is 2.20. The first-order valence-corrected chi connectivity index (χ1v) is 5.73. The average Bonchev–Trinajstić information content (AvgIpc) is 2.32. The zero-order valence-electron chi connectivity index (χ0n) is 10.1. The number of carbonyl (C=O) groups is 1. The predicted octanol–water partition coefficient (Wildman–Crippen LogP) is -0.155. The topological polar surface area (TPSA) is 64.8 Å². The van der Waals surface area contributed by atoms with Crippen molar-refractivity contribution in [2.75, 3.05) is 40.5 Å². The van der Waals surface area contributed by atoms with Gasteiger partial charge in [-0.2, -0.15) is 0 Å². The molecule has 0 aromatic rings. The smallest absolute Gasteiger partial charge is 0.324 e. The molecule has 1 aliphatic heterocycles. The van der Waals surface area contributed by atoms with Crippen LogP contribution in [-0.4, -0.2) is 57.4 Å². The lowest BCUT2D eigenvalue weighted by Crippen LogP contribution is -2.50. The summed E-state index contributed by atoms with van der Waals surface area (Å²) >= 11 is 0. The van der Waals surface area contributed by atoms with E-state index in [1.54, 1.807) is 7.11 Å². The highest BCUT2D eigenvalue weighted by atomic mass is 16.5. The number of hydrogen-bond acceptors (Lipinski definition) is 5. The second-order valence-corrected chi connectivity index (χ2v) is 4.21. The Morgan fingerprint density at radius 1 is 1.44 bits per heavy atom. The molecule has 0 spiro atoms. The van der Waals surface area contributed by atoms with Crippen LogP contribution in [0.2, 0.25) is 0 Å². The lowest BCUT2D eigenvalue weighted by atomic mass is 9.96. The normalized spacial score (nSPS) is 20.7. The predicted molar refractivity (Wildman–Crippen MR) is 61.0 cm³/mol. The number of methoxy groups -OCH3 is 2. The summed E-state index contributed by atoms with van der Waals surface area (Å²) in [5, 5.41) is 0. The molecule has 5 nitrogen and oxygen atoms in total. The van der Waals surface area contributed by atoms with Crippen LogP contribution in [0.5, 0.6) is 0 Å². The van der Waals surface area contributed by atoms with E-state index >= 15 is 0 Å². The Morgan fingerprint density at radius 3 is 2.50 bits per heavy atom. The fraction of sp³-hybridized carbons (Fsp3) is 0.909. The van der Waals surface area contributed by atoms with Crippen molar-refractivity contribution in [3.63, 3.8) is 0 Å². The number of piperidine rings is 1. The van der Waals surface area contributed by atoms with E-state index in [1.165, 1.54) is 7.11 Å². The van der Waals surface area contributed by atoms with Crippen molar-refractivity contribution in [3.8, 4) is 0 Å². The Kier molecular flexibility index (Phi) is 5.73. The van der Waals surface area contributed by atoms with Crippen molar-refractivity contribution < 1.29 is 14.3 Å². The number of nitrogens with two attached hydrogens (primary N) is 1. The van der Waals surface area contributed by atoms with Crippen molar-refractivity contribution in [1.82, 2.24) is 4.90 Å². The number of rotatable bonds is 5. The first-order valence-electron chi connectivity index (χ1n) is 5.73. The highest BCUT2D eigenvalue weighted by Gasteiger charge is 2.29. The van der Waals surface area contributed by atoms with Crippen LogP contribution >= 0.6 is 0 Å². The van der Waals surface area contributed by atoms with Gasteiger partial charge in [-0.1, -0.05) is 0 Å². The van der Waals surface area contributed by atoms with Crippen molar-refractivity contribution in [2.24, 2.45) is 11.7 Å². The molecule has 5 heteroatoms. The van der Waals surface area contributed by atoms with Gasteiger partial charge in [0.2, 0.25) is 0 Å². The molecule has 0 aromatic carbocycles. The molecule has 2 N–H and O–H groups in total. The van der Waals surface area contributed by atoms with Crippen molar-refractivity contribution in [1.29, 1.82) is 0 Å². The number of nitrogens with zero attached hydrogens (tertiary/aromatic N) is 1. The molecular weight excluding hydrogens is 208 g/mol. The number of ether oxygens (including phenoxy) is 2. The van der Waals surface area contributed by atoms with Gasteiger partial charge in [0, 0.05) is 20.3 Å². The van der Waals surface area contributed by atoms with Gasteiger partial charge in [-0.25, -0.2) is 0 Å². The number of likely N-dealkylation sites (tertiary alicyclic amines) is 1. The molecule has 1 aliphatic rings. The Labute approximate surface area is 96.9 Å². The van der Waals surface area contributed by atoms with Crippen molar-refractivity contribution >= 4 is 5.97 Å². The summed E-state index contributed by atoms with van der Waals surface area (Å²) in [5.41, 5.74) is 5.61. The first-order chi connectivity index (χ1) is 7.72. The van der Waals surface area contributed by atoms with Crippen LogP contribution < -0.4 is 5.73 Å². The maximum absolute atomic E-state index is 11.5. The van der Waals surface area contributed by atoms with Gasteiger partial charge >= 0.3 is 5.97 Å². The molecule has 1 fully saturated rings. The van der Waals surface area contributed by atoms with E-state index in [9.17, 15) is 4.79 Å². The van der Waals surface area contributed by atoms with Gasteiger partial charge in [-0.3, -0.25) is 9.69 Å². The summed E-state index contributed by atoms with van der Waals surface area (Å²) in [6.07, 6.45) is 2.11. The largest absolute Gasteiger partial charge is 0.468 e. The van der Waals surface area contributed by atoms with E-state index < -0.39 is 0 Å². The van der Waals surface area contributed by atoms with Crippen molar-refractivity contribution in [3.05, 3.63) is 0 Å². The molecule has 0 amide bonds. The summed E-state index contributed by atoms with van der Waals surface area (Å²) in [7, 11) is 3.13. The van der Waals surface area contributed by atoms with Crippen LogP contribution in [0, 0.1) is 5.92 Å². The SMILES string of the molecule is COCC1CCN(C(CN)C(=O)OC)CC1. The molecule has 16 heavy (non-hydrogen) atoms. The molecule has 94 valence electrons. The summed E-state index contributed by atoms with van der Waals surface area (Å²) in [4.78, 5) is 13.6. The maximum atomic E-state index is 11.5. The van der Waals surface area contributed by atoms with Gasteiger partial charge in [-0.05, 0) is 31.8 Å². The summed E-state index contributed by atoms with van der Waals surface area (Å²) < 4.78 is 9.88. The van der Waals surface area contributed by atoms with Crippen LogP contribution in [0.1, 0.15) is 12.8 Å². The van der Waals surface area contributed by atoms with Crippen LogP contribution in [0.15, 0.2) is 0 Å². The third-order valence-corrected chi connectivity index (χ3v) is 3.19. The lowest BCUT2D eigenvalue weighted by molar-refractivity contribution is -0.147. The minimum Gasteiger partial charge on any atom is -0.468 e. The fourth-order valence-electron chi connectivity index (χ4n) is 2.20. The molecule has 1 rings (SSSR count). The van der Waals surface area contributed by atoms with Gasteiger partial charge in [0.15, 0.2) is 0 Å². The Bertz CT molecular complexity index is 215. The second-order valence-electron chi connectivity index (χ2n) is 4.21. The standard InChI is InChI=1S/C11H22N2O3/c1-15-8-9-3-5-13(6-4-9)10(7-12)11(14)16-2/h9-10H,3-8,12H2,1-2H3. The van der Waals surface area contributed by atoms with Crippen LogP contribution in [0.4, 0.5) is 0 Å². The van der Waals surface area contributed by atoms with Gasteiger partial charge in [0.1, 0.15) is 6.04 Å². The minimum absolute atomic E-state index is 0.229.